The Morgan fingerprint density at radius 1 is 1.08 bits per heavy atom. The molecule has 0 aromatic heterocycles. The van der Waals surface area contributed by atoms with Crippen LogP contribution >= 0.6 is 0 Å². The van der Waals surface area contributed by atoms with E-state index in [1.807, 2.05) is 18.2 Å². The van der Waals surface area contributed by atoms with Crippen LogP contribution in [0.1, 0.15) is 22.7 Å². The van der Waals surface area contributed by atoms with Crippen molar-refractivity contribution in [3.05, 3.63) is 41.0 Å². The van der Waals surface area contributed by atoms with Crippen molar-refractivity contribution in [1.29, 1.82) is 0 Å². The normalized spacial score (nSPS) is 18.9. The van der Waals surface area contributed by atoms with E-state index in [0.29, 0.717) is 23.0 Å². The van der Waals surface area contributed by atoms with Crippen LogP contribution in [0.3, 0.4) is 0 Å². The summed E-state index contributed by atoms with van der Waals surface area (Å²) in [5, 5.41) is 10.4. The standard InChI is InChI=1S/C19H21NO4/c1-20-9-8-11-4-6-14(21)18-16(11)13(20)10-12-5-7-15(22-2)19(23-3)17(12)24-18/h4-7,13,21H,8-10H2,1-3H3. The number of likely N-dealkylation sites (N-methyl/N-ethyl adjacent to an activating group) is 1. The molecule has 2 aliphatic heterocycles. The summed E-state index contributed by atoms with van der Waals surface area (Å²) in [5.41, 5.74) is 3.37. The molecule has 2 aromatic carbocycles. The van der Waals surface area contributed by atoms with Crippen molar-refractivity contribution in [3.63, 3.8) is 0 Å². The van der Waals surface area contributed by atoms with Gasteiger partial charge >= 0.3 is 0 Å². The summed E-state index contributed by atoms with van der Waals surface area (Å²) >= 11 is 0. The minimum absolute atomic E-state index is 0.159. The van der Waals surface area contributed by atoms with E-state index in [0.717, 1.165) is 30.5 Å². The quantitative estimate of drug-likeness (QED) is 0.917. The van der Waals surface area contributed by atoms with Crippen LogP contribution in [0.4, 0.5) is 0 Å². The van der Waals surface area contributed by atoms with Gasteiger partial charge in [0, 0.05) is 23.7 Å². The van der Waals surface area contributed by atoms with Gasteiger partial charge in [-0.15, -0.1) is 0 Å². The highest BCUT2D eigenvalue weighted by Crippen LogP contribution is 2.52. The summed E-state index contributed by atoms with van der Waals surface area (Å²) in [6.07, 6.45) is 1.76. The molecule has 126 valence electrons. The number of nitrogens with zero attached hydrogens (tertiary/aromatic N) is 1. The molecular weight excluding hydrogens is 306 g/mol. The fourth-order valence-electron chi connectivity index (χ4n) is 3.77. The van der Waals surface area contributed by atoms with Crippen LogP contribution < -0.4 is 14.2 Å². The molecule has 0 saturated carbocycles. The SMILES string of the molecule is COc1ccc2c(c1OC)Oc1c(O)ccc3c1C(C2)N(C)CC3. The molecule has 4 rings (SSSR count). The Morgan fingerprint density at radius 2 is 1.88 bits per heavy atom. The smallest absolute Gasteiger partial charge is 0.204 e. The molecule has 5 nitrogen and oxygen atoms in total. The van der Waals surface area contributed by atoms with Crippen molar-refractivity contribution in [3.8, 4) is 28.7 Å². The number of phenolic OH excluding ortho intramolecular Hbond substituents is 1. The molecule has 5 heteroatoms. The summed E-state index contributed by atoms with van der Waals surface area (Å²) in [4.78, 5) is 2.32. The minimum Gasteiger partial charge on any atom is -0.504 e. The molecule has 0 fully saturated rings. The van der Waals surface area contributed by atoms with E-state index in [1.54, 1.807) is 20.3 Å². The van der Waals surface area contributed by atoms with Crippen molar-refractivity contribution in [2.75, 3.05) is 27.8 Å². The maximum absolute atomic E-state index is 10.4. The van der Waals surface area contributed by atoms with Gasteiger partial charge in [-0.05, 0) is 37.6 Å². The predicted molar refractivity (Wildman–Crippen MR) is 90.5 cm³/mol. The number of phenols is 1. The Labute approximate surface area is 141 Å². The molecule has 0 bridgehead atoms. The van der Waals surface area contributed by atoms with Gasteiger partial charge in [0.15, 0.2) is 23.0 Å². The second kappa shape index (κ2) is 5.60. The van der Waals surface area contributed by atoms with E-state index in [4.69, 9.17) is 14.2 Å². The zero-order chi connectivity index (χ0) is 16.8. The molecule has 0 aliphatic carbocycles. The maximum atomic E-state index is 10.4. The molecule has 0 spiro atoms. The summed E-state index contributed by atoms with van der Waals surface area (Å²) < 4.78 is 17.1. The van der Waals surface area contributed by atoms with Crippen LogP contribution in [0.25, 0.3) is 0 Å². The number of methoxy groups -OCH3 is 2. The van der Waals surface area contributed by atoms with Crippen molar-refractivity contribution >= 4 is 0 Å². The molecule has 24 heavy (non-hydrogen) atoms. The average Bonchev–Trinajstić information content (AvgIpc) is 2.77. The van der Waals surface area contributed by atoms with Crippen molar-refractivity contribution in [1.82, 2.24) is 4.90 Å². The number of rotatable bonds is 2. The highest BCUT2D eigenvalue weighted by Gasteiger charge is 2.35. The number of fused-ring (bicyclic) bond motifs is 1. The molecule has 2 heterocycles. The largest absolute Gasteiger partial charge is 0.504 e. The lowest BCUT2D eigenvalue weighted by atomic mass is 9.88. The topological polar surface area (TPSA) is 51.2 Å². The summed E-state index contributed by atoms with van der Waals surface area (Å²) in [7, 11) is 5.33. The first kappa shape index (κ1) is 15.1. The highest BCUT2D eigenvalue weighted by atomic mass is 16.5. The number of hydrogen-bond acceptors (Lipinski definition) is 5. The van der Waals surface area contributed by atoms with Crippen molar-refractivity contribution in [2.24, 2.45) is 0 Å². The minimum atomic E-state index is 0.159. The fourth-order valence-corrected chi connectivity index (χ4v) is 3.77. The highest BCUT2D eigenvalue weighted by molar-refractivity contribution is 5.63. The molecule has 0 saturated heterocycles. The van der Waals surface area contributed by atoms with E-state index in [2.05, 4.69) is 11.9 Å². The maximum Gasteiger partial charge on any atom is 0.204 e. The Balaban J connectivity index is 1.97. The van der Waals surface area contributed by atoms with E-state index in [-0.39, 0.29) is 11.8 Å². The lowest BCUT2D eigenvalue weighted by Crippen LogP contribution is -2.33. The first-order valence-electron chi connectivity index (χ1n) is 8.10. The van der Waals surface area contributed by atoms with Gasteiger partial charge in [0.1, 0.15) is 0 Å². The van der Waals surface area contributed by atoms with Gasteiger partial charge in [-0.1, -0.05) is 12.1 Å². The third kappa shape index (κ3) is 2.12. The Morgan fingerprint density at radius 3 is 2.62 bits per heavy atom. The van der Waals surface area contributed by atoms with Crippen LogP contribution in [0.5, 0.6) is 28.7 Å². The summed E-state index contributed by atoms with van der Waals surface area (Å²) in [5.74, 6) is 2.51. The first-order chi connectivity index (χ1) is 11.6. The van der Waals surface area contributed by atoms with Crippen LogP contribution in [-0.4, -0.2) is 37.8 Å². The molecule has 2 aromatic rings. The van der Waals surface area contributed by atoms with Crippen LogP contribution in [-0.2, 0) is 12.8 Å². The third-order valence-electron chi connectivity index (χ3n) is 5.06. The molecule has 1 atom stereocenters. The first-order valence-corrected chi connectivity index (χ1v) is 8.10. The van der Waals surface area contributed by atoms with Gasteiger partial charge in [-0.3, -0.25) is 4.90 Å². The van der Waals surface area contributed by atoms with E-state index >= 15 is 0 Å². The lowest BCUT2D eigenvalue weighted by molar-refractivity contribution is 0.228. The van der Waals surface area contributed by atoms with E-state index < -0.39 is 0 Å². The number of ether oxygens (including phenoxy) is 3. The van der Waals surface area contributed by atoms with Crippen LogP contribution in [0.15, 0.2) is 24.3 Å². The predicted octanol–water partition coefficient (Wildman–Crippen LogP) is 3.29. The molecular formula is C19H21NO4. The zero-order valence-electron chi connectivity index (χ0n) is 14.1. The van der Waals surface area contributed by atoms with Crippen LogP contribution in [0, 0.1) is 0 Å². The van der Waals surface area contributed by atoms with E-state index in [9.17, 15) is 5.11 Å². The van der Waals surface area contributed by atoms with Gasteiger partial charge in [0.2, 0.25) is 5.75 Å². The monoisotopic (exact) mass is 327 g/mol. The molecule has 2 aliphatic rings. The van der Waals surface area contributed by atoms with Crippen molar-refractivity contribution < 1.29 is 19.3 Å². The van der Waals surface area contributed by atoms with Gasteiger partial charge < -0.3 is 19.3 Å². The molecule has 1 N–H and O–H groups in total. The lowest BCUT2D eigenvalue weighted by Gasteiger charge is -2.34. The molecule has 0 amide bonds. The Kier molecular flexibility index (Phi) is 3.53. The fraction of sp³-hybridized carbons (Fsp3) is 0.368. The second-order valence-electron chi connectivity index (χ2n) is 6.33. The Hall–Kier alpha value is -2.40. The number of benzene rings is 2. The summed E-state index contributed by atoms with van der Waals surface area (Å²) in [6, 6.07) is 7.82. The Bertz CT molecular complexity index is 802. The molecule has 0 radical (unpaired) electrons. The second-order valence-corrected chi connectivity index (χ2v) is 6.33. The van der Waals surface area contributed by atoms with Gasteiger partial charge in [0.05, 0.1) is 14.2 Å². The molecule has 1 unspecified atom stereocenters. The number of aromatic hydroxyl groups is 1. The average molecular weight is 327 g/mol. The third-order valence-corrected chi connectivity index (χ3v) is 5.06. The zero-order valence-corrected chi connectivity index (χ0v) is 14.1. The number of hydrogen-bond donors (Lipinski definition) is 1. The van der Waals surface area contributed by atoms with Crippen molar-refractivity contribution in [2.45, 2.75) is 18.9 Å². The van der Waals surface area contributed by atoms with Gasteiger partial charge in [-0.2, -0.15) is 0 Å². The van der Waals surface area contributed by atoms with Crippen LogP contribution in [0.2, 0.25) is 0 Å². The summed E-state index contributed by atoms with van der Waals surface area (Å²) in [6.45, 7) is 0.991. The van der Waals surface area contributed by atoms with Gasteiger partial charge in [0.25, 0.3) is 0 Å². The van der Waals surface area contributed by atoms with E-state index in [1.165, 1.54) is 5.56 Å². The van der Waals surface area contributed by atoms with Gasteiger partial charge in [-0.25, -0.2) is 0 Å².